The summed E-state index contributed by atoms with van der Waals surface area (Å²) >= 11 is 5.88. The van der Waals surface area contributed by atoms with Crippen LogP contribution in [0.2, 0.25) is 5.02 Å². The van der Waals surface area contributed by atoms with E-state index >= 15 is 0 Å². The monoisotopic (exact) mass is 429 g/mol. The maximum atomic E-state index is 14.2. The number of hydrogen-bond acceptors (Lipinski definition) is 4. The molecule has 2 aromatic rings. The fourth-order valence-electron chi connectivity index (χ4n) is 2.41. The average Bonchev–Trinajstić information content (AvgIpc) is 2.62. The van der Waals surface area contributed by atoms with Crippen LogP contribution in [0, 0.1) is 5.82 Å². The Morgan fingerprint density at radius 3 is 2.41 bits per heavy atom. The molecule has 4 nitrogen and oxygen atoms in total. The van der Waals surface area contributed by atoms with E-state index in [1.165, 1.54) is 23.2 Å². The molecule has 2 aromatic carbocycles. The Balaban J connectivity index is 2.37. The Kier molecular flexibility index (Phi) is 7.29. The fourth-order valence-corrected chi connectivity index (χ4v) is 2.53. The van der Waals surface area contributed by atoms with Crippen molar-refractivity contribution >= 4 is 23.0 Å². The van der Waals surface area contributed by atoms with Crippen LogP contribution >= 0.6 is 11.6 Å². The van der Waals surface area contributed by atoms with Gasteiger partial charge in [0.15, 0.2) is 6.10 Å². The standard InChI is InChI=1S/C20H20ClF4N3O/c1-12(26)7-19(28(27)18-5-3-16(21)4-6-18)15-8-14(9-17(22)10-15)11-29-13(2)20(23,24)25/h3-10,13H,1,11,26-27H2,2H3/b19-7-/t13-/m1/s1. The molecule has 0 aliphatic heterocycles. The summed E-state index contributed by atoms with van der Waals surface area (Å²) < 4.78 is 56.9. The second kappa shape index (κ2) is 9.30. The lowest BCUT2D eigenvalue weighted by Gasteiger charge is -2.23. The van der Waals surface area contributed by atoms with Crippen molar-refractivity contribution < 1.29 is 22.3 Å². The minimum absolute atomic E-state index is 0.150. The van der Waals surface area contributed by atoms with Gasteiger partial charge in [0.2, 0.25) is 0 Å². The van der Waals surface area contributed by atoms with Crippen molar-refractivity contribution in [3.8, 4) is 0 Å². The molecule has 0 unspecified atom stereocenters. The van der Waals surface area contributed by atoms with Gasteiger partial charge in [0.05, 0.1) is 18.0 Å². The Bertz CT molecular complexity index is 898. The first-order chi connectivity index (χ1) is 13.5. The molecular formula is C20H20ClF4N3O. The number of anilines is 1. The van der Waals surface area contributed by atoms with Gasteiger partial charge < -0.3 is 10.5 Å². The molecule has 1 atom stereocenters. The van der Waals surface area contributed by atoms with Gasteiger partial charge in [0.25, 0.3) is 0 Å². The highest BCUT2D eigenvalue weighted by molar-refractivity contribution is 6.30. The molecule has 0 saturated carbocycles. The third-order valence-corrected chi connectivity index (χ3v) is 4.15. The molecule has 0 heterocycles. The minimum Gasteiger partial charge on any atom is -0.399 e. The van der Waals surface area contributed by atoms with Crippen LogP contribution in [-0.4, -0.2) is 12.3 Å². The molecule has 0 radical (unpaired) electrons. The van der Waals surface area contributed by atoms with Gasteiger partial charge in [-0.2, -0.15) is 13.2 Å². The summed E-state index contributed by atoms with van der Waals surface area (Å²) in [6.45, 7) is 4.04. The van der Waals surface area contributed by atoms with E-state index in [9.17, 15) is 17.6 Å². The van der Waals surface area contributed by atoms with Gasteiger partial charge in [-0.3, -0.25) is 5.01 Å². The Morgan fingerprint density at radius 2 is 1.86 bits per heavy atom. The van der Waals surface area contributed by atoms with Crippen molar-refractivity contribution in [3.05, 3.63) is 82.8 Å². The van der Waals surface area contributed by atoms with Gasteiger partial charge in [0, 0.05) is 16.3 Å². The molecule has 9 heteroatoms. The first-order valence-corrected chi connectivity index (χ1v) is 8.80. The van der Waals surface area contributed by atoms with Gasteiger partial charge in [-0.25, -0.2) is 10.2 Å². The lowest BCUT2D eigenvalue weighted by molar-refractivity contribution is -0.217. The third kappa shape index (κ3) is 6.49. The second-order valence-corrected chi connectivity index (χ2v) is 6.73. The van der Waals surface area contributed by atoms with Gasteiger partial charge >= 0.3 is 6.18 Å². The zero-order valence-electron chi connectivity index (χ0n) is 15.5. The van der Waals surface area contributed by atoms with Crippen LogP contribution in [0.15, 0.2) is 60.8 Å². The van der Waals surface area contributed by atoms with Crippen molar-refractivity contribution in [1.82, 2.24) is 0 Å². The van der Waals surface area contributed by atoms with E-state index in [4.69, 9.17) is 27.9 Å². The van der Waals surface area contributed by atoms with E-state index in [2.05, 4.69) is 6.58 Å². The summed E-state index contributed by atoms with van der Waals surface area (Å²) in [5.41, 5.74) is 7.12. The summed E-state index contributed by atoms with van der Waals surface area (Å²) in [6.07, 6.45) is -5.08. The Morgan fingerprint density at radius 1 is 1.24 bits per heavy atom. The molecular weight excluding hydrogens is 410 g/mol. The van der Waals surface area contributed by atoms with Crippen LogP contribution in [0.25, 0.3) is 5.70 Å². The van der Waals surface area contributed by atoms with E-state index in [0.29, 0.717) is 10.7 Å². The van der Waals surface area contributed by atoms with E-state index < -0.39 is 24.7 Å². The number of ether oxygens (including phenoxy) is 1. The molecule has 29 heavy (non-hydrogen) atoms. The number of hydrogen-bond donors (Lipinski definition) is 2. The van der Waals surface area contributed by atoms with Crippen LogP contribution in [0.3, 0.4) is 0 Å². The third-order valence-electron chi connectivity index (χ3n) is 3.90. The van der Waals surface area contributed by atoms with E-state index in [1.54, 1.807) is 24.3 Å². The van der Waals surface area contributed by atoms with Gasteiger partial charge in [-0.1, -0.05) is 18.2 Å². The maximum absolute atomic E-state index is 14.2. The fraction of sp³-hybridized carbons (Fsp3) is 0.200. The maximum Gasteiger partial charge on any atom is 0.414 e. The number of halogens is 5. The molecule has 0 amide bonds. The SMILES string of the molecule is C=C(N)/C=C(/c1cc(F)cc(CO[C@H](C)C(F)(F)F)c1)N(N)c1ccc(Cl)cc1. The van der Waals surface area contributed by atoms with E-state index in [1.807, 2.05) is 0 Å². The topological polar surface area (TPSA) is 64.5 Å². The normalized spacial score (nSPS) is 13.3. The molecule has 2 rings (SSSR count). The van der Waals surface area contributed by atoms with Crippen molar-refractivity contribution in [1.29, 1.82) is 0 Å². The molecule has 0 fully saturated rings. The highest BCUT2D eigenvalue weighted by Gasteiger charge is 2.36. The van der Waals surface area contributed by atoms with Gasteiger partial charge in [-0.15, -0.1) is 0 Å². The van der Waals surface area contributed by atoms with E-state index in [-0.39, 0.29) is 22.5 Å². The largest absolute Gasteiger partial charge is 0.414 e. The predicted octanol–water partition coefficient (Wildman–Crippen LogP) is 5.14. The van der Waals surface area contributed by atoms with Gasteiger partial charge in [0.1, 0.15) is 5.82 Å². The summed E-state index contributed by atoms with van der Waals surface area (Å²) in [5.74, 6) is 5.50. The van der Waals surface area contributed by atoms with Crippen molar-refractivity contribution in [2.45, 2.75) is 25.8 Å². The van der Waals surface area contributed by atoms with Crippen LogP contribution in [0.5, 0.6) is 0 Å². The number of benzene rings is 2. The number of allylic oxidation sites excluding steroid dienone is 1. The highest BCUT2D eigenvalue weighted by Crippen LogP contribution is 2.28. The Hall–Kier alpha value is -2.55. The number of rotatable bonds is 7. The van der Waals surface area contributed by atoms with Crippen LogP contribution in [-0.2, 0) is 11.3 Å². The quantitative estimate of drug-likeness (QED) is 0.277. The zero-order chi connectivity index (χ0) is 21.8. The molecule has 0 spiro atoms. The lowest BCUT2D eigenvalue weighted by atomic mass is 10.1. The van der Waals surface area contributed by atoms with Gasteiger partial charge in [-0.05, 0) is 61.0 Å². The summed E-state index contributed by atoms with van der Waals surface area (Å²) in [4.78, 5) is 0. The van der Waals surface area contributed by atoms with E-state index in [0.717, 1.165) is 13.0 Å². The Labute approximate surface area is 171 Å². The molecule has 0 aliphatic rings. The number of hydrazine groups is 1. The molecule has 0 saturated heterocycles. The summed E-state index contributed by atoms with van der Waals surface area (Å²) in [7, 11) is 0. The van der Waals surface area contributed by atoms with Crippen molar-refractivity contribution in [3.63, 3.8) is 0 Å². The number of alkyl halides is 3. The first kappa shape index (κ1) is 22.7. The minimum atomic E-state index is -4.51. The first-order valence-electron chi connectivity index (χ1n) is 8.42. The number of nitrogens with zero attached hydrogens (tertiary/aromatic N) is 1. The van der Waals surface area contributed by atoms with Crippen LogP contribution in [0.4, 0.5) is 23.2 Å². The van der Waals surface area contributed by atoms with Crippen LogP contribution < -0.4 is 16.6 Å². The van der Waals surface area contributed by atoms with Crippen molar-refractivity contribution in [2.75, 3.05) is 5.01 Å². The second-order valence-electron chi connectivity index (χ2n) is 6.29. The average molecular weight is 430 g/mol. The van der Waals surface area contributed by atoms with Crippen LogP contribution in [0.1, 0.15) is 18.1 Å². The van der Waals surface area contributed by atoms with Crippen molar-refractivity contribution in [2.24, 2.45) is 11.6 Å². The zero-order valence-corrected chi connectivity index (χ0v) is 16.3. The lowest BCUT2D eigenvalue weighted by Crippen LogP contribution is -2.29. The molecule has 0 aromatic heterocycles. The molecule has 4 N–H and O–H groups in total. The summed E-state index contributed by atoms with van der Waals surface area (Å²) in [6, 6.07) is 10.3. The smallest absolute Gasteiger partial charge is 0.399 e. The molecule has 0 aliphatic carbocycles. The predicted molar refractivity (Wildman–Crippen MR) is 106 cm³/mol. The molecule has 156 valence electrons. The highest BCUT2D eigenvalue weighted by atomic mass is 35.5. The number of nitrogens with two attached hydrogens (primary N) is 2. The summed E-state index contributed by atoms with van der Waals surface area (Å²) in [5, 5.41) is 1.74. The molecule has 0 bridgehead atoms.